The van der Waals surface area contributed by atoms with Gasteiger partial charge in [-0.2, -0.15) is 0 Å². The van der Waals surface area contributed by atoms with Gasteiger partial charge in [-0.15, -0.1) is 10.2 Å². The van der Waals surface area contributed by atoms with Gasteiger partial charge in [-0.05, 0) is 31.2 Å². The summed E-state index contributed by atoms with van der Waals surface area (Å²) < 4.78 is 6.24. The summed E-state index contributed by atoms with van der Waals surface area (Å²) in [4.78, 5) is 23.4. The predicted octanol–water partition coefficient (Wildman–Crippen LogP) is 3.72. The molecular weight excluding hydrogens is 378 g/mol. The Balaban J connectivity index is 1.80. The second-order valence-electron chi connectivity index (χ2n) is 4.99. The van der Waals surface area contributed by atoms with Gasteiger partial charge < -0.3 is 10.1 Å². The first-order chi connectivity index (χ1) is 12.0. The number of esters is 1. The molecule has 0 radical (unpaired) electrons. The Bertz CT molecular complexity index is 759. The first-order valence-electron chi connectivity index (χ1n) is 7.19. The highest BCUT2D eigenvalue weighted by atomic mass is 32.2. The van der Waals surface area contributed by atoms with Crippen molar-refractivity contribution in [2.24, 2.45) is 0 Å². The number of methoxy groups -OCH3 is 1. The van der Waals surface area contributed by atoms with Gasteiger partial charge in [-0.3, -0.25) is 4.79 Å². The number of hydrogen-bond acceptors (Lipinski definition) is 8. The van der Waals surface area contributed by atoms with Gasteiger partial charge in [-0.25, -0.2) is 4.79 Å². The van der Waals surface area contributed by atoms with Crippen molar-refractivity contribution in [3.05, 3.63) is 42.0 Å². The van der Waals surface area contributed by atoms with Gasteiger partial charge in [0.15, 0.2) is 8.68 Å². The lowest BCUT2D eigenvalue weighted by Gasteiger charge is -2.05. The molecule has 0 saturated carbocycles. The second-order valence-corrected chi connectivity index (χ2v) is 8.41. The summed E-state index contributed by atoms with van der Waals surface area (Å²) in [7, 11) is 1.32. The summed E-state index contributed by atoms with van der Waals surface area (Å²) in [6.07, 6.45) is 0. The minimum Gasteiger partial charge on any atom is -0.465 e. The van der Waals surface area contributed by atoms with E-state index >= 15 is 0 Å². The quantitative estimate of drug-likeness (QED) is 0.414. The summed E-state index contributed by atoms with van der Waals surface area (Å²) in [5, 5.41) is 10.9. The third-order valence-corrected chi connectivity index (χ3v) is 6.17. The van der Waals surface area contributed by atoms with Crippen molar-refractivity contribution in [2.45, 2.75) is 15.6 Å². The van der Waals surface area contributed by atoms with Crippen molar-refractivity contribution in [3.8, 4) is 0 Å². The maximum Gasteiger partial charge on any atom is 0.337 e. The average Bonchev–Trinajstić information content (AvgIpc) is 3.06. The fourth-order valence-corrected chi connectivity index (χ4v) is 4.29. The molecule has 25 heavy (non-hydrogen) atoms. The van der Waals surface area contributed by atoms with Gasteiger partial charge in [-0.1, -0.05) is 47.0 Å². The van der Waals surface area contributed by atoms with E-state index in [0.717, 1.165) is 20.0 Å². The van der Waals surface area contributed by atoms with Crippen LogP contribution in [0.2, 0.25) is 0 Å². The number of thioether (sulfide) groups is 2. The van der Waals surface area contributed by atoms with Crippen LogP contribution in [0.1, 0.15) is 17.3 Å². The summed E-state index contributed by atoms with van der Waals surface area (Å²) >= 11 is 4.38. The molecule has 0 spiro atoms. The van der Waals surface area contributed by atoms with E-state index < -0.39 is 5.97 Å². The largest absolute Gasteiger partial charge is 0.465 e. The van der Waals surface area contributed by atoms with Crippen LogP contribution in [0, 0.1) is 0 Å². The lowest BCUT2D eigenvalue weighted by molar-refractivity contribution is -0.113. The monoisotopic (exact) mass is 395 g/mol. The Morgan fingerprint density at radius 2 is 1.76 bits per heavy atom. The zero-order valence-corrected chi connectivity index (χ0v) is 16.2. The topological polar surface area (TPSA) is 81.2 Å². The second kappa shape index (κ2) is 9.59. The van der Waals surface area contributed by atoms with E-state index in [4.69, 9.17) is 0 Å². The lowest BCUT2D eigenvalue weighted by Crippen LogP contribution is -2.14. The van der Waals surface area contributed by atoms with Crippen LogP contribution in [0.3, 0.4) is 0 Å². The smallest absolute Gasteiger partial charge is 0.337 e. The zero-order valence-electron chi connectivity index (χ0n) is 13.8. The molecule has 0 aliphatic carbocycles. The van der Waals surface area contributed by atoms with Crippen LogP contribution < -0.4 is 5.32 Å². The summed E-state index contributed by atoms with van der Waals surface area (Å²) in [6.45, 7) is 5.81. The number of amides is 1. The molecule has 132 valence electrons. The van der Waals surface area contributed by atoms with Crippen molar-refractivity contribution < 1.29 is 14.3 Å². The summed E-state index contributed by atoms with van der Waals surface area (Å²) in [5.74, 6) is 0.479. The highest BCUT2D eigenvalue weighted by Gasteiger charge is 2.10. The first kappa shape index (κ1) is 19.5. The lowest BCUT2D eigenvalue weighted by atomic mass is 10.2. The zero-order chi connectivity index (χ0) is 18.2. The molecule has 1 heterocycles. The molecule has 0 saturated heterocycles. The van der Waals surface area contributed by atoms with Gasteiger partial charge in [0.1, 0.15) is 0 Å². The molecule has 1 N–H and O–H groups in total. The number of aromatic nitrogens is 2. The van der Waals surface area contributed by atoms with E-state index in [1.165, 1.54) is 30.2 Å². The van der Waals surface area contributed by atoms with Crippen molar-refractivity contribution in [3.63, 3.8) is 0 Å². The van der Waals surface area contributed by atoms with E-state index in [1.54, 1.807) is 36.0 Å². The third-order valence-electron chi connectivity index (χ3n) is 2.75. The van der Waals surface area contributed by atoms with Gasteiger partial charge in [0.25, 0.3) is 0 Å². The molecular formula is C16H17N3O3S3. The fourth-order valence-electron chi connectivity index (χ4n) is 1.63. The molecule has 1 aromatic heterocycles. The molecule has 2 rings (SSSR count). The number of benzene rings is 1. The Hall–Kier alpha value is -1.84. The molecule has 0 unspecified atom stereocenters. The first-order valence-corrected chi connectivity index (χ1v) is 9.98. The highest BCUT2D eigenvalue weighted by Crippen LogP contribution is 2.29. The molecule has 6 nitrogen and oxygen atoms in total. The normalized spacial score (nSPS) is 10.3. The maximum absolute atomic E-state index is 12.0. The highest BCUT2D eigenvalue weighted by molar-refractivity contribution is 8.03. The van der Waals surface area contributed by atoms with Crippen LogP contribution >= 0.6 is 34.9 Å². The van der Waals surface area contributed by atoms with Crippen LogP contribution in [0.25, 0.3) is 0 Å². The number of rotatable bonds is 8. The molecule has 0 aliphatic rings. The molecule has 0 bridgehead atoms. The van der Waals surface area contributed by atoms with Crippen molar-refractivity contribution in [1.82, 2.24) is 10.2 Å². The molecule has 1 aromatic carbocycles. The Morgan fingerprint density at radius 3 is 2.32 bits per heavy atom. The number of nitrogens with zero attached hydrogens (tertiary/aromatic N) is 2. The summed E-state index contributed by atoms with van der Waals surface area (Å²) in [5.41, 5.74) is 2.13. The van der Waals surface area contributed by atoms with Crippen molar-refractivity contribution in [1.29, 1.82) is 0 Å². The van der Waals surface area contributed by atoms with Crippen LogP contribution in [-0.2, 0) is 9.53 Å². The number of nitrogens with one attached hydrogen (secondary N) is 1. The van der Waals surface area contributed by atoms with Gasteiger partial charge in [0, 0.05) is 11.4 Å². The van der Waals surface area contributed by atoms with Gasteiger partial charge in [0.2, 0.25) is 5.91 Å². The molecule has 0 aliphatic heterocycles. The Kier molecular flexibility index (Phi) is 7.48. The van der Waals surface area contributed by atoms with E-state index in [1.807, 2.05) is 6.92 Å². The number of carbonyl (C=O) groups is 2. The van der Waals surface area contributed by atoms with Crippen LogP contribution in [0.5, 0.6) is 0 Å². The number of ether oxygens (including phenoxy) is 1. The Morgan fingerprint density at radius 1 is 1.16 bits per heavy atom. The maximum atomic E-state index is 12.0. The standard InChI is InChI=1S/C16H17N3O3S3/c1-10(2)8-23-15-18-19-16(25-15)24-9-13(20)17-12-6-4-11(5-7-12)14(21)22-3/h4-7H,1,8-9H2,2-3H3,(H,17,20). The van der Waals surface area contributed by atoms with Crippen LogP contribution in [0.4, 0.5) is 5.69 Å². The number of anilines is 1. The number of carbonyl (C=O) groups excluding carboxylic acids is 2. The molecule has 2 aromatic rings. The predicted molar refractivity (Wildman–Crippen MR) is 103 cm³/mol. The minimum absolute atomic E-state index is 0.151. The molecule has 9 heteroatoms. The SMILES string of the molecule is C=C(C)CSc1nnc(SCC(=O)Nc2ccc(C(=O)OC)cc2)s1. The molecule has 1 amide bonds. The summed E-state index contributed by atoms with van der Waals surface area (Å²) in [6, 6.07) is 6.52. The average molecular weight is 396 g/mol. The van der Waals surface area contributed by atoms with Crippen molar-refractivity contribution in [2.75, 3.05) is 23.9 Å². The van der Waals surface area contributed by atoms with Gasteiger partial charge in [0.05, 0.1) is 18.4 Å². The number of hydrogen-bond donors (Lipinski definition) is 1. The van der Waals surface area contributed by atoms with E-state index in [2.05, 4.69) is 26.8 Å². The van der Waals surface area contributed by atoms with Gasteiger partial charge >= 0.3 is 5.97 Å². The van der Waals surface area contributed by atoms with Crippen LogP contribution in [0.15, 0.2) is 45.1 Å². The molecule has 0 atom stereocenters. The van der Waals surface area contributed by atoms with E-state index in [9.17, 15) is 9.59 Å². The minimum atomic E-state index is -0.412. The van der Waals surface area contributed by atoms with Crippen molar-refractivity contribution >= 4 is 52.4 Å². The van der Waals surface area contributed by atoms with Crippen LogP contribution in [-0.4, -0.2) is 40.7 Å². The van der Waals surface area contributed by atoms with E-state index in [0.29, 0.717) is 11.3 Å². The fraction of sp³-hybridized carbons (Fsp3) is 0.250. The Labute approximate surface area is 158 Å². The third kappa shape index (κ3) is 6.52. The molecule has 0 fully saturated rings. The van der Waals surface area contributed by atoms with E-state index in [-0.39, 0.29) is 11.7 Å².